The summed E-state index contributed by atoms with van der Waals surface area (Å²) in [5.74, 6) is 0.824. The summed E-state index contributed by atoms with van der Waals surface area (Å²) in [6.45, 7) is 0. The van der Waals surface area contributed by atoms with Crippen LogP contribution in [0, 0.1) is 0 Å². The maximum absolute atomic E-state index is 12.1. The number of imidazole rings is 1. The number of ketones is 1. The summed E-state index contributed by atoms with van der Waals surface area (Å²) in [5, 5.41) is 1.46. The van der Waals surface area contributed by atoms with Crippen LogP contribution in [0.1, 0.15) is 17.8 Å². The number of rotatable bonds is 5. The molecular weight excluding hydrogens is 357 g/mol. The zero-order valence-electron chi connectivity index (χ0n) is 11.9. The van der Waals surface area contributed by atoms with Gasteiger partial charge in [-0.1, -0.05) is 40.9 Å². The van der Waals surface area contributed by atoms with E-state index in [0.717, 1.165) is 22.4 Å². The maximum atomic E-state index is 12.1. The third-order valence-corrected chi connectivity index (χ3v) is 4.22. The molecule has 118 valence electrons. The van der Waals surface area contributed by atoms with Crippen molar-refractivity contribution >= 4 is 51.6 Å². The number of hydrogen-bond acceptors (Lipinski definition) is 3. The van der Waals surface area contributed by atoms with Crippen molar-refractivity contribution in [3.05, 3.63) is 57.0 Å². The van der Waals surface area contributed by atoms with Gasteiger partial charge in [0.25, 0.3) is 0 Å². The number of fused-ring (bicyclic) bond motifs is 1. The van der Waals surface area contributed by atoms with Crippen molar-refractivity contribution in [1.29, 1.82) is 0 Å². The molecule has 7 heteroatoms. The number of hydrogen-bond donors (Lipinski definition) is 1. The van der Waals surface area contributed by atoms with Crippen LogP contribution in [0.15, 0.2) is 30.5 Å². The van der Waals surface area contributed by atoms with Crippen molar-refractivity contribution in [1.82, 2.24) is 15.0 Å². The molecule has 0 radical (unpaired) electrons. The summed E-state index contributed by atoms with van der Waals surface area (Å²) >= 11 is 17.8. The molecule has 3 rings (SSSR count). The van der Waals surface area contributed by atoms with Crippen LogP contribution in [0.2, 0.25) is 15.2 Å². The zero-order chi connectivity index (χ0) is 16.4. The predicted octanol–water partition coefficient (Wildman–Crippen LogP) is 4.66. The highest BCUT2D eigenvalue weighted by Crippen LogP contribution is 2.22. The normalized spacial score (nSPS) is 11.1. The number of pyridine rings is 1. The molecule has 4 nitrogen and oxygen atoms in total. The Kier molecular flexibility index (Phi) is 4.85. The van der Waals surface area contributed by atoms with Crippen molar-refractivity contribution < 1.29 is 4.79 Å². The quantitative estimate of drug-likeness (QED) is 0.666. The molecule has 2 heterocycles. The fourth-order valence-electron chi connectivity index (χ4n) is 2.28. The van der Waals surface area contributed by atoms with Gasteiger partial charge in [-0.2, -0.15) is 0 Å². The van der Waals surface area contributed by atoms with E-state index < -0.39 is 0 Å². The Morgan fingerprint density at radius 1 is 1.17 bits per heavy atom. The monoisotopic (exact) mass is 367 g/mol. The van der Waals surface area contributed by atoms with E-state index in [1.807, 2.05) is 0 Å². The van der Waals surface area contributed by atoms with Gasteiger partial charge in [-0.15, -0.1) is 0 Å². The predicted molar refractivity (Wildman–Crippen MR) is 92.4 cm³/mol. The van der Waals surface area contributed by atoms with Crippen LogP contribution < -0.4 is 0 Å². The number of halogens is 3. The standard InChI is InChI=1S/C16H12Cl3N3O/c17-10-2-1-9(12(18)6-10)5-11(23)3-4-16-21-13-7-15(19)20-8-14(13)22-16/h1-2,6-8H,3-5H2,(H,21,22). The highest BCUT2D eigenvalue weighted by Gasteiger charge is 2.10. The minimum atomic E-state index is 0.0887. The molecule has 23 heavy (non-hydrogen) atoms. The number of Topliss-reactive ketones (excluding diaryl/α,β-unsaturated/α-hetero) is 1. The molecule has 0 amide bonds. The first-order valence-corrected chi connectivity index (χ1v) is 8.10. The van der Waals surface area contributed by atoms with E-state index in [1.165, 1.54) is 0 Å². The first-order valence-electron chi connectivity index (χ1n) is 6.97. The van der Waals surface area contributed by atoms with Gasteiger partial charge in [0.05, 0.1) is 17.2 Å². The molecule has 0 aliphatic carbocycles. The average molecular weight is 369 g/mol. The van der Waals surface area contributed by atoms with Crippen LogP contribution >= 0.6 is 34.8 Å². The fourth-order valence-corrected chi connectivity index (χ4v) is 2.91. The van der Waals surface area contributed by atoms with E-state index in [2.05, 4.69) is 15.0 Å². The number of carbonyl (C=O) groups is 1. The van der Waals surface area contributed by atoms with E-state index in [9.17, 15) is 4.79 Å². The van der Waals surface area contributed by atoms with Gasteiger partial charge in [-0.25, -0.2) is 9.97 Å². The van der Waals surface area contributed by atoms with E-state index >= 15 is 0 Å². The molecule has 0 aliphatic rings. The Balaban J connectivity index is 1.63. The smallest absolute Gasteiger partial charge is 0.137 e. The topological polar surface area (TPSA) is 58.6 Å². The Morgan fingerprint density at radius 3 is 2.78 bits per heavy atom. The molecule has 0 aliphatic heterocycles. The van der Waals surface area contributed by atoms with Gasteiger partial charge in [-0.3, -0.25) is 4.79 Å². The minimum Gasteiger partial charge on any atom is -0.341 e. The molecule has 0 saturated heterocycles. The number of aromatic amines is 1. The maximum Gasteiger partial charge on any atom is 0.137 e. The van der Waals surface area contributed by atoms with Crippen LogP contribution in [0.3, 0.4) is 0 Å². The van der Waals surface area contributed by atoms with Crippen LogP contribution in [-0.2, 0) is 17.6 Å². The molecular formula is C16H12Cl3N3O. The SMILES string of the molecule is O=C(CCc1nc2cc(Cl)ncc2[nH]1)Cc1ccc(Cl)cc1Cl. The minimum absolute atomic E-state index is 0.0887. The second kappa shape index (κ2) is 6.87. The van der Waals surface area contributed by atoms with Gasteiger partial charge in [0, 0.05) is 35.4 Å². The van der Waals surface area contributed by atoms with Gasteiger partial charge < -0.3 is 4.98 Å². The van der Waals surface area contributed by atoms with Crippen molar-refractivity contribution in [2.24, 2.45) is 0 Å². The van der Waals surface area contributed by atoms with Crippen molar-refractivity contribution in [2.75, 3.05) is 0 Å². The number of H-pyrrole nitrogens is 1. The first-order chi connectivity index (χ1) is 11.0. The van der Waals surface area contributed by atoms with Crippen molar-refractivity contribution in [3.63, 3.8) is 0 Å². The van der Waals surface area contributed by atoms with Gasteiger partial charge in [0.15, 0.2) is 0 Å². The van der Waals surface area contributed by atoms with Crippen LogP contribution in [0.5, 0.6) is 0 Å². The van der Waals surface area contributed by atoms with E-state index in [1.54, 1.807) is 30.5 Å². The molecule has 0 saturated carbocycles. The van der Waals surface area contributed by atoms with Gasteiger partial charge >= 0.3 is 0 Å². The number of benzene rings is 1. The summed E-state index contributed by atoms with van der Waals surface area (Å²) in [6, 6.07) is 6.83. The van der Waals surface area contributed by atoms with Gasteiger partial charge in [-0.05, 0) is 17.7 Å². The summed E-state index contributed by atoms with van der Waals surface area (Å²) in [4.78, 5) is 23.7. The summed E-state index contributed by atoms with van der Waals surface area (Å²) in [6.07, 6.45) is 2.81. The first kappa shape index (κ1) is 16.2. The molecule has 2 aromatic heterocycles. The molecule has 1 N–H and O–H groups in total. The van der Waals surface area contributed by atoms with Crippen LogP contribution in [-0.4, -0.2) is 20.7 Å². The lowest BCUT2D eigenvalue weighted by Gasteiger charge is -2.03. The number of nitrogens with one attached hydrogen (secondary N) is 1. The number of nitrogens with zero attached hydrogens (tertiary/aromatic N) is 2. The van der Waals surface area contributed by atoms with Crippen molar-refractivity contribution in [2.45, 2.75) is 19.3 Å². The van der Waals surface area contributed by atoms with Crippen molar-refractivity contribution in [3.8, 4) is 0 Å². The zero-order valence-corrected chi connectivity index (χ0v) is 14.2. The second-order valence-corrected chi connectivity index (χ2v) is 6.39. The summed E-state index contributed by atoms with van der Waals surface area (Å²) in [5.41, 5.74) is 2.33. The Hall–Kier alpha value is -1.62. The number of aryl methyl sites for hydroxylation is 1. The fraction of sp³-hybridized carbons (Fsp3) is 0.188. The Morgan fingerprint density at radius 2 is 2.00 bits per heavy atom. The van der Waals surface area contributed by atoms with E-state index in [-0.39, 0.29) is 12.2 Å². The Bertz CT molecular complexity index is 876. The highest BCUT2D eigenvalue weighted by atomic mass is 35.5. The lowest BCUT2D eigenvalue weighted by Crippen LogP contribution is -2.05. The third-order valence-electron chi connectivity index (χ3n) is 3.43. The van der Waals surface area contributed by atoms with E-state index in [4.69, 9.17) is 34.8 Å². The molecule has 0 spiro atoms. The highest BCUT2D eigenvalue weighted by molar-refractivity contribution is 6.35. The second-order valence-electron chi connectivity index (χ2n) is 5.16. The lowest BCUT2D eigenvalue weighted by atomic mass is 10.1. The average Bonchev–Trinajstić information content (AvgIpc) is 2.90. The molecule has 0 atom stereocenters. The van der Waals surface area contributed by atoms with Gasteiger partial charge in [0.2, 0.25) is 0 Å². The molecule has 1 aromatic carbocycles. The lowest BCUT2D eigenvalue weighted by molar-refractivity contribution is -0.118. The van der Waals surface area contributed by atoms with Gasteiger partial charge in [0.1, 0.15) is 16.8 Å². The molecule has 0 bridgehead atoms. The number of carbonyl (C=O) groups excluding carboxylic acids is 1. The summed E-state index contributed by atoms with van der Waals surface area (Å²) in [7, 11) is 0. The van der Waals surface area contributed by atoms with E-state index in [0.29, 0.717) is 28.0 Å². The van der Waals surface area contributed by atoms with Crippen LogP contribution in [0.25, 0.3) is 11.0 Å². The Labute approximate surface area is 147 Å². The molecule has 3 aromatic rings. The van der Waals surface area contributed by atoms with Crippen LogP contribution in [0.4, 0.5) is 0 Å². The summed E-state index contributed by atoms with van der Waals surface area (Å²) < 4.78 is 0. The molecule has 0 unspecified atom stereocenters. The third kappa shape index (κ3) is 4.02. The molecule has 0 fully saturated rings. The largest absolute Gasteiger partial charge is 0.341 e. The number of aromatic nitrogens is 3.